The highest BCUT2D eigenvalue weighted by Gasteiger charge is 2.21. The van der Waals surface area contributed by atoms with Gasteiger partial charge in [0.05, 0.1) is 19.0 Å². The van der Waals surface area contributed by atoms with Crippen LogP contribution in [0.4, 0.5) is 11.4 Å². The normalized spacial score (nSPS) is 10.1. The molecule has 0 N–H and O–H groups in total. The summed E-state index contributed by atoms with van der Waals surface area (Å²) in [4.78, 5) is 29.4. The molecule has 1 heterocycles. The van der Waals surface area contributed by atoms with Gasteiger partial charge in [0.2, 0.25) is 5.91 Å². The fourth-order valence-corrected chi connectivity index (χ4v) is 2.02. The average Bonchev–Trinajstić information content (AvgIpc) is 2.62. The molecule has 0 spiro atoms. The fraction of sp³-hybridized carbons (Fsp3) is 0.235. The van der Waals surface area contributed by atoms with Crippen molar-refractivity contribution in [3.05, 3.63) is 48.8 Å². The van der Waals surface area contributed by atoms with Crippen LogP contribution in [0, 0.1) is 0 Å². The molecule has 0 bridgehead atoms. The first kappa shape index (κ1) is 17.4. The molecule has 0 fully saturated rings. The zero-order chi connectivity index (χ0) is 17.4. The summed E-state index contributed by atoms with van der Waals surface area (Å²) in [5, 5.41) is 0. The number of rotatable bonds is 7. The van der Waals surface area contributed by atoms with Crippen molar-refractivity contribution in [1.29, 1.82) is 0 Å². The molecular weight excluding hydrogens is 312 g/mol. The van der Waals surface area contributed by atoms with Crippen LogP contribution in [0.15, 0.2) is 48.8 Å². The van der Waals surface area contributed by atoms with Crippen LogP contribution in [0.25, 0.3) is 0 Å². The van der Waals surface area contributed by atoms with Gasteiger partial charge in [0.25, 0.3) is 0 Å². The first-order valence-corrected chi connectivity index (χ1v) is 7.17. The summed E-state index contributed by atoms with van der Waals surface area (Å²) in [6, 6.07) is 10.3. The SMILES string of the molecule is COCOc1ccc(N(C(=O)CC(=O)OC)c2cccnc2)cc1. The number of anilines is 2. The average molecular weight is 330 g/mol. The Morgan fingerprint density at radius 1 is 1.08 bits per heavy atom. The van der Waals surface area contributed by atoms with Crippen molar-refractivity contribution in [2.75, 3.05) is 25.9 Å². The van der Waals surface area contributed by atoms with Crippen molar-refractivity contribution in [3.8, 4) is 5.75 Å². The van der Waals surface area contributed by atoms with Gasteiger partial charge in [-0.2, -0.15) is 0 Å². The van der Waals surface area contributed by atoms with E-state index >= 15 is 0 Å². The zero-order valence-corrected chi connectivity index (χ0v) is 13.5. The number of esters is 1. The van der Waals surface area contributed by atoms with Crippen LogP contribution in [0.1, 0.15) is 6.42 Å². The number of ether oxygens (including phenoxy) is 3. The van der Waals surface area contributed by atoms with Crippen LogP contribution in [-0.4, -0.2) is 37.9 Å². The number of benzene rings is 1. The van der Waals surface area contributed by atoms with Crippen LogP contribution >= 0.6 is 0 Å². The van der Waals surface area contributed by atoms with Gasteiger partial charge in [-0.1, -0.05) is 0 Å². The van der Waals surface area contributed by atoms with Crippen molar-refractivity contribution in [2.24, 2.45) is 0 Å². The first-order chi connectivity index (χ1) is 11.7. The third kappa shape index (κ3) is 4.53. The standard InChI is InChI=1S/C17H18N2O5/c1-22-12-24-15-7-5-13(6-8-15)19(14-4-3-9-18-11-14)16(20)10-17(21)23-2/h3-9,11H,10,12H2,1-2H3. The van der Waals surface area contributed by atoms with E-state index in [1.54, 1.807) is 48.8 Å². The molecule has 7 nitrogen and oxygen atoms in total. The van der Waals surface area contributed by atoms with E-state index in [1.165, 1.54) is 19.1 Å². The minimum absolute atomic E-state index is 0.132. The summed E-state index contributed by atoms with van der Waals surface area (Å²) in [6.07, 6.45) is 2.78. The quantitative estimate of drug-likeness (QED) is 0.440. The molecule has 1 amide bonds. The maximum Gasteiger partial charge on any atom is 0.315 e. The number of methoxy groups -OCH3 is 2. The molecule has 0 aliphatic heterocycles. The fourth-order valence-electron chi connectivity index (χ4n) is 2.02. The number of amides is 1. The van der Waals surface area contributed by atoms with Gasteiger partial charge in [0, 0.05) is 19.0 Å². The number of hydrogen-bond acceptors (Lipinski definition) is 6. The van der Waals surface area contributed by atoms with E-state index in [0.717, 1.165) is 0 Å². The third-order valence-corrected chi connectivity index (χ3v) is 3.12. The molecule has 0 aliphatic carbocycles. The molecule has 2 aromatic rings. The van der Waals surface area contributed by atoms with E-state index < -0.39 is 11.9 Å². The van der Waals surface area contributed by atoms with Gasteiger partial charge in [0.1, 0.15) is 12.2 Å². The molecule has 1 aromatic carbocycles. The minimum Gasteiger partial charge on any atom is -0.469 e. The molecule has 1 aromatic heterocycles. The highest BCUT2D eigenvalue weighted by molar-refractivity contribution is 6.07. The van der Waals surface area contributed by atoms with E-state index in [-0.39, 0.29) is 13.2 Å². The van der Waals surface area contributed by atoms with E-state index in [0.29, 0.717) is 17.1 Å². The van der Waals surface area contributed by atoms with Crippen molar-refractivity contribution >= 4 is 23.3 Å². The van der Waals surface area contributed by atoms with E-state index in [2.05, 4.69) is 9.72 Å². The van der Waals surface area contributed by atoms with Crippen LogP contribution in [0.2, 0.25) is 0 Å². The van der Waals surface area contributed by atoms with Gasteiger partial charge >= 0.3 is 5.97 Å². The Morgan fingerprint density at radius 3 is 2.42 bits per heavy atom. The number of hydrogen-bond donors (Lipinski definition) is 0. The number of pyridine rings is 1. The second kappa shape index (κ2) is 8.64. The molecule has 7 heteroatoms. The van der Waals surface area contributed by atoms with Crippen LogP contribution in [0.5, 0.6) is 5.75 Å². The van der Waals surface area contributed by atoms with Crippen LogP contribution < -0.4 is 9.64 Å². The largest absolute Gasteiger partial charge is 0.469 e. The lowest BCUT2D eigenvalue weighted by atomic mass is 10.2. The topological polar surface area (TPSA) is 78.0 Å². The number of carbonyl (C=O) groups excluding carboxylic acids is 2. The van der Waals surface area contributed by atoms with Gasteiger partial charge in [-0.25, -0.2) is 0 Å². The Hall–Kier alpha value is -2.93. The molecule has 0 atom stereocenters. The highest BCUT2D eigenvalue weighted by Crippen LogP contribution is 2.27. The van der Waals surface area contributed by atoms with Crippen molar-refractivity contribution in [3.63, 3.8) is 0 Å². The second-order valence-corrected chi connectivity index (χ2v) is 4.74. The summed E-state index contributed by atoms with van der Waals surface area (Å²) < 4.78 is 14.7. The Morgan fingerprint density at radius 2 is 1.83 bits per heavy atom. The highest BCUT2D eigenvalue weighted by atomic mass is 16.7. The summed E-state index contributed by atoms with van der Waals surface area (Å²) in [6.45, 7) is 0.132. The van der Waals surface area contributed by atoms with Gasteiger partial charge in [-0.3, -0.25) is 19.5 Å². The molecule has 2 rings (SSSR count). The Labute approximate surface area is 139 Å². The van der Waals surface area contributed by atoms with Gasteiger partial charge in [-0.05, 0) is 36.4 Å². The monoisotopic (exact) mass is 330 g/mol. The van der Waals surface area contributed by atoms with E-state index in [1.807, 2.05) is 0 Å². The summed E-state index contributed by atoms with van der Waals surface area (Å²) in [5.41, 5.74) is 1.14. The summed E-state index contributed by atoms with van der Waals surface area (Å²) >= 11 is 0. The molecule has 0 unspecified atom stereocenters. The second-order valence-electron chi connectivity index (χ2n) is 4.74. The van der Waals surface area contributed by atoms with Gasteiger partial charge in [0.15, 0.2) is 6.79 Å². The maximum absolute atomic E-state index is 12.5. The predicted molar refractivity (Wildman–Crippen MR) is 87.0 cm³/mol. The Bertz CT molecular complexity index is 673. The zero-order valence-electron chi connectivity index (χ0n) is 13.5. The lowest BCUT2D eigenvalue weighted by Crippen LogP contribution is -2.28. The smallest absolute Gasteiger partial charge is 0.315 e. The predicted octanol–water partition coefficient (Wildman–Crippen LogP) is 2.29. The van der Waals surface area contributed by atoms with Crippen molar-refractivity contribution < 1.29 is 23.8 Å². The Kier molecular flexibility index (Phi) is 6.27. The van der Waals surface area contributed by atoms with Crippen molar-refractivity contribution in [1.82, 2.24) is 4.98 Å². The molecule has 0 saturated heterocycles. The number of aromatic nitrogens is 1. The van der Waals surface area contributed by atoms with Crippen LogP contribution in [0.3, 0.4) is 0 Å². The molecule has 126 valence electrons. The summed E-state index contributed by atoms with van der Waals surface area (Å²) in [7, 11) is 2.77. The van der Waals surface area contributed by atoms with E-state index in [9.17, 15) is 9.59 Å². The van der Waals surface area contributed by atoms with Gasteiger partial charge < -0.3 is 14.2 Å². The maximum atomic E-state index is 12.5. The number of carbonyl (C=O) groups is 2. The molecular formula is C17H18N2O5. The van der Waals surface area contributed by atoms with Crippen LogP contribution in [-0.2, 0) is 19.1 Å². The molecule has 0 aliphatic rings. The lowest BCUT2D eigenvalue weighted by molar-refractivity contribution is -0.143. The van der Waals surface area contributed by atoms with Gasteiger partial charge in [-0.15, -0.1) is 0 Å². The van der Waals surface area contributed by atoms with E-state index in [4.69, 9.17) is 9.47 Å². The molecule has 0 radical (unpaired) electrons. The third-order valence-electron chi connectivity index (χ3n) is 3.12. The number of nitrogens with zero attached hydrogens (tertiary/aromatic N) is 2. The summed E-state index contributed by atoms with van der Waals surface area (Å²) in [5.74, 6) is -0.415. The minimum atomic E-state index is -0.603. The molecule has 24 heavy (non-hydrogen) atoms. The molecule has 0 saturated carbocycles. The van der Waals surface area contributed by atoms with Crippen molar-refractivity contribution in [2.45, 2.75) is 6.42 Å². The Balaban J connectivity index is 2.28. The lowest BCUT2D eigenvalue weighted by Gasteiger charge is -2.22. The first-order valence-electron chi connectivity index (χ1n) is 7.17.